The topological polar surface area (TPSA) is 77.8 Å². The van der Waals surface area contributed by atoms with E-state index in [-0.39, 0.29) is 17.9 Å². The van der Waals surface area contributed by atoms with Crippen LogP contribution in [0.1, 0.15) is 23.6 Å². The molecule has 22 heavy (non-hydrogen) atoms. The Bertz CT molecular complexity index is 802. The van der Waals surface area contributed by atoms with Crippen LogP contribution in [0, 0.1) is 5.82 Å². The van der Waals surface area contributed by atoms with Crippen molar-refractivity contribution in [3.8, 4) is 11.5 Å². The SMILES string of the molecule is Nc1nc(Cc2ccc(-c3nnc(C(F)F)o3)cc2F)cs1. The van der Waals surface area contributed by atoms with Gasteiger partial charge in [-0.2, -0.15) is 8.78 Å². The average molecular weight is 326 g/mol. The van der Waals surface area contributed by atoms with Crippen LogP contribution < -0.4 is 5.73 Å². The van der Waals surface area contributed by atoms with Gasteiger partial charge in [0, 0.05) is 17.4 Å². The summed E-state index contributed by atoms with van der Waals surface area (Å²) in [5.74, 6) is -1.46. The molecular weight excluding hydrogens is 317 g/mol. The summed E-state index contributed by atoms with van der Waals surface area (Å²) in [6.07, 6.45) is -2.58. The third kappa shape index (κ3) is 2.93. The van der Waals surface area contributed by atoms with Crippen molar-refractivity contribution in [3.05, 3.63) is 46.5 Å². The highest BCUT2D eigenvalue weighted by Crippen LogP contribution is 2.25. The largest absolute Gasteiger partial charge is 0.415 e. The van der Waals surface area contributed by atoms with Crippen LogP contribution in [0.3, 0.4) is 0 Å². The van der Waals surface area contributed by atoms with E-state index in [1.54, 1.807) is 5.38 Å². The molecule has 0 amide bonds. The average Bonchev–Trinajstić information content (AvgIpc) is 3.10. The van der Waals surface area contributed by atoms with Crippen molar-refractivity contribution < 1.29 is 17.6 Å². The Kier molecular flexibility index (Phi) is 3.80. The maximum Gasteiger partial charge on any atom is 0.314 e. The number of hydrogen-bond donors (Lipinski definition) is 1. The fourth-order valence-electron chi connectivity index (χ4n) is 1.86. The molecule has 0 atom stereocenters. The fourth-order valence-corrected chi connectivity index (χ4v) is 2.42. The normalized spacial score (nSPS) is 11.3. The minimum absolute atomic E-state index is 0.154. The number of hydrogen-bond acceptors (Lipinski definition) is 6. The van der Waals surface area contributed by atoms with Gasteiger partial charge in [-0.05, 0) is 17.7 Å². The fraction of sp³-hybridized carbons (Fsp3) is 0.154. The first-order chi connectivity index (χ1) is 10.5. The maximum absolute atomic E-state index is 14.1. The summed E-state index contributed by atoms with van der Waals surface area (Å²) in [6, 6.07) is 4.21. The number of benzene rings is 1. The van der Waals surface area contributed by atoms with Crippen LogP contribution in [0.25, 0.3) is 11.5 Å². The van der Waals surface area contributed by atoms with E-state index in [1.165, 1.54) is 23.5 Å². The minimum atomic E-state index is -2.86. The molecule has 3 aromatic rings. The first-order valence-corrected chi connectivity index (χ1v) is 7.01. The molecule has 0 unspecified atom stereocenters. The highest BCUT2D eigenvalue weighted by molar-refractivity contribution is 7.13. The Morgan fingerprint density at radius 1 is 1.27 bits per heavy atom. The highest BCUT2D eigenvalue weighted by Gasteiger charge is 2.18. The molecule has 2 aromatic heterocycles. The van der Waals surface area contributed by atoms with Crippen LogP contribution in [0.15, 0.2) is 28.0 Å². The van der Waals surface area contributed by atoms with Gasteiger partial charge in [0.05, 0.1) is 5.69 Å². The molecule has 2 heterocycles. The Labute approximate surface area is 126 Å². The van der Waals surface area contributed by atoms with Crippen LogP contribution in [0.2, 0.25) is 0 Å². The van der Waals surface area contributed by atoms with Crippen molar-refractivity contribution in [3.63, 3.8) is 0 Å². The van der Waals surface area contributed by atoms with Gasteiger partial charge in [0.15, 0.2) is 5.13 Å². The molecule has 5 nitrogen and oxygen atoms in total. The second-order valence-corrected chi connectivity index (χ2v) is 5.30. The van der Waals surface area contributed by atoms with E-state index < -0.39 is 18.1 Å². The molecule has 3 rings (SSSR count). The second-order valence-electron chi connectivity index (χ2n) is 4.41. The molecule has 1 aromatic carbocycles. The van der Waals surface area contributed by atoms with Gasteiger partial charge in [-0.15, -0.1) is 21.5 Å². The zero-order valence-electron chi connectivity index (χ0n) is 11.0. The Morgan fingerprint density at radius 3 is 2.68 bits per heavy atom. The van der Waals surface area contributed by atoms with Gasteiger partial charge in [-0.25, -0.2) is 9.37 Å². The molecule has 0 bridgehead atoms. The van der Waals surface area contributed by atoms with Gasteiger partial charge >= 0.3 is 6.43 Å². The first kappa shape index (κ1) is 14.5. The standard InChI is InChI=1S/C13H9F3N4OS/c14-9-4-7(11-19-20-12(21-11)10(15)16)2-1-6(9)3-8-5-22-13(17)18-8/h1-2,4-5,10H,3H2,(H2,17,18). The third-order valence-corrected chi connectivity index (χ3v) is 3.59. The molecular formula is C13H9F3N4OS. The zero-order chi connectivity index (χ0) is 15.7. The molecule has 0 aliphatic rings. The maximum atomic E-state index is 14.1. The lowest BCUT2D eigenvalue weighted by Crippen LogP contribution is -1.94. The van der Waals surface area contributed by atoms with Crippen LogP contribution in [-0.4, -0.2) is 15.2 Å². The molecule has 9 heteroatoms. The first-order valence-electron chi connectivity index (χ1n) is 6.13. The van der Waals surface area contributed by atoms with Gasteiger partial charge in [0.25, 0.3) is 5.89 Å². The lowest BCUT2D eigenvalue weighted by atomic mass is 10.1. The van der Waals surface area contributed by atoms with E-state index in [9.17, 15) is 13.2 Å². The molecule has 0 saturated heterocycles. The number of aromatic nitrogens is 3. The molecule has 0 radical (unpaired) electrons. The van der Waals surface area contributed by atoms with Crippen LogP contribution in [-0.2, 0) is 6.42 Å². The quantitative estimate of drug-likeness (QED) is 0.794. The monoisotopic (exact) mass is 326 g/mol. The number of nitrogens with zero attached hydrogens (tertiary/aromatic N) is 3. The summed E-state index contributed by atoms with van der Waals surface area (Å²) >= 11 is 1.27. The van der Waals surface area contributed by atoms with Crippen molar-refractivity contribution >= 4 is 16.5 Å². The number of thiazole rings is 1. The number of alkyl halides is 2. The number of nitrogens with two attached hydrogens (primary N) is 1. The summed E-state index contributed by atoms with van der Waals surface area (Å²) in [7, 11) is 0. The predicted molar refractivity (Wildman–Crippen MR) is 74.0 cm³/mol. The summed E-state index contributed by atoms with van der Waals surface area (Å²) in [6.45, 7) is 0. The molecule has 114 valence electrons. The molecule has 0 aliphatic heterocycles. The van der Waals surface area contributed by atoms with Crippen molar-refractivity contribution in [2.75, 3.05) is 5.73 Å². The van der Waals surface area contributed by atoms with Crippen LogP contribution >= 0.6 is 11.3 Å². The summed E-state index contributed by atoms with van der Waals surface area (Å²) in [5, 5.41) is 8.84. The van der Waals surface area contributed by atoms with Gasteiger partial charge in [0.1, 0.15) is 5.82 Å². The van der Waals surface area contributed by atoms with Gasteiger partial charge in [0.2, 0.25) is 5.89 Å². The predicted octanol–water partition coefficient (Wildman–Crippen LogP) is 3.44. The molecule has 0 fully saturated rings. The van der Waals surface area contributed by atoms with E-state index in [2.05, 4.69) is 15.2 Å². The van der Waals surface area contributed by atoms with Crippen molar-refractivity contribution in [1.82, 2.24) is 15.2 Å². The summed E-state index contributed by atoms with van der Waals surface area (Å²) < 4.78 is 43.7. The zero-order valence-corrected chi connectivity index (χ0v) is 11.8. The highest BCUT2D eigenvalue weighted by atomic mass is 32.1. The summed E-state index contributed by atoms with van der Waals surface area (Å²) in [5.41, 5.74) is 6.82. The van der Waals surface area contributed by atoms with Crippen molar-refractivity contribution in [1.29, 1.82) is 0 Å². The lowest BCUT2D eigenvalue weighted by Gasteiger charge is -2.02. The Morgan fingerprint density at radius 2 is 2.09 bits per heavy atom. The second kappa shape index (κ2) is 5.76. The molecule has 0 aliphatic carbocycles. The van der Waals surface area contributed by atoms with Crippen molar-refractivity contribution in [2.45, 2.75) is 12.8 Å². The van der Waals surface area contributed by atoms with Crippen molar-refractivity contribution in [2.24, 2.45) is 0 Å². The number of nitrogen functional groups attached to an aromatic ring is 1. The lowest BCUT2D eigenvalue weighted by molar-refractivity contribution is 0.116. The summed E-state index contributed by atoms with van der Waals surface area (Å²) in [4.78, 5) is 4.06. The number of rotatable bonds is 4. The molecule has 0 saturated carbocycles. The van der Waals surface area contributed by atoms with Crippen LogP contribution in [0.4, 0.5) is 18.3 Å². The number of anilines is 1. The van der Waals surface area contributed by atoms with Gasteiger partial charge in [-0.1, -0.05) is 6.07 Å². The van der Waals surface area contributed by atoms with E-state index in [0.29, 0.717) is 16.4 Å². The molecule has 0 spiro atoms. The molecule has 2 N–H and O–H groups in total. The third-order valence-electron chi connectivity index (χ3n) is 2.87. The van der Waals surface area contributed by atoms with E-state index >= 15 is 0 Å². The van der Waals surface area contributed by atoms with Crippen LogP contribution in [0.5, 0.6) is 0 Å². The Hall–Kier alpha value is -2.42. The smallest absolute Gasteiger partial charge is 0.314 e. The van der Waals surface area contributed by atoms with Gasteiger partial charge in [-0.3, -0.25) is 0 Å². The van der Waals surface area contributed by atoms with E-state index in [4.69, 9.17) is 10.2 Å². The number of halogens is 3. The Balaban J connectivity index is 1.84. The van der Waals surface area contributed by atoms with Gasteiger partial charge < -0.3 is 10.2 Å². The minimum Gasteiger partial charge on any atom is -0.415 e. The van der Waals surface area contributed by atoms with E-state index in [0.717, 1.165) is 6.07 Å². The van der Waals surface area contributed by atoms with E-state index in [1.807, 2.05) is 0 Å².